The third-order valence-electron chi connectivity index (χ3n) is 1.03. The quantitative estimate of drug-likeness (QED) is 0.518. The number of hydrogen-bond acceptors (Lipinski definition) is 3. The molecular formula is C4H7N3O2S. The first-order valence-corrected chi connectivity index (χ1v) is 3.35. The Balaban J connectivity index is 2.63. The smallest absolute Gasteiger partial charge is 0.258 e. The SMILES string of the molecule is CN1SN(C)C(=O)NC1=O. The molecule has 1 aliphatic heterocycles. The summed E-state index contributed by atoms with van der Waals surface area (Å²) in [5.74, 6) is 0. The van der Waals surface area contributed by atoms with Crippen LogP contribution in [0.5, 0.6) is 0 Å². The van der Waals surface area contributed by atoms with Crippen molar-refractivity contribution in [1.29, 1.82) is 0 Å². The molecule has 6 heteroatoms. The van der Waals surface area contributed by atoms with E-state index in [1.165, 1.54) is 8.61 Å². The lowest BCUT2D eigenvalue weighted by molar-refractivity contribution is 0.209. The van der Waals surface area contributed by atoms with E-state index >= 15 is 0 Å². The Morgan fingerprint density at radius 1 is 1.20 bits per heavy atom. The first-order chi connectivity index (χ1) is 4.61. The van der Waals surface area contributed by atoms with Crippen LogP contribution in [0.1, 0.15) is 0 Å². The summed E-state index contributed by atoms with van der Waals surface area (Å²) in [4.78, 5) is 21.4. The second-order valence-corrected chi connectivity index (χ2v) is 3.07. The molecule has 0 aliphatic carbocycles. The molecule has 0 radical (unpaired) electrons. The molecule has 0 aromatic carbocycles. The highest BCUT2D eigenvalue weighted by molar-refractivity contribution is 7.95. The normalized spacial score (nSPS) is 19.4. The summed E-state index contributed by atoms with van der Waals surface area (Å²) in [5.41, 5.74) is 0. The maximum atomic E-state index is 10.7. The minimum atomic E-state index is -0.381. The Morgan fingerprint density at radius 3 is 1.90 bits per heavy atom. The first-order valence-electron chi connectivity index (χ1n) is 2.62. The van der Waals surface area contributed by atoms with Gasteiger partial charge in [-0.1, -0.05) is 0 Å². The molecule has 0 atom stereocenters. The zero-order chi connectivity index (χ0) is 7.72. The molecule has 0 aromatic rings. The minimum absolute atomic E-state index is 0.381. The summed E-state index contributed by atoms with van der Waals surface area (Å²) >= 11 is 1.06. The Labute approximate surface area is 62.6 Å². The molecule has 0 spiro atoms. The molecule has 0 bridgehead atoms. The van der Waals surface area contributed by atoms with Crippen LogP contribution in [0.25, 0.3) is 0 Å². The molecule has 1 N–H and O–H groups in total. The molecule has 10 heavy (non-hydrogen) atoms. The van der Waals surface area contributed by atoms with Crippen LogP contribution in [-0.2, 0) is 0 Å². The molecule has 0 aromatic heterocycles. The van der Waals surface area contributed by atoms with Gasteiger partial charge in [0.05, 0.1) is 12.1 Å². The standard InChI is InChI=1S/C4H7N3O2S/c1-6-3(8)5-4(9)7(2)10-6/h1-2H3,(H,5,8,9). The molecule has 5 nitrogen and oxygen atoms in total. The van der Waals surface area contributed by atoms with Gasteiger partial charge in [0.15, 0.2) is 0 Å². The van der Waals surface area contributed by atoms with Crippen molar-refractivity contribution in [3.05, 3.63) is 0 Å². The highest BCUT2D eigenvalue weighted by Gasteiger charge is 2.24. The summed E-state index contributed by atoms with van der Waals surface area (Å²) in [7, 11) is 3.17. The van der Waals surface area contributed by atoms with Gasteiger partial charge in [0.25, 0.3) is 0 Å². The number of hydrogen-bond donors (Lipinski definition) is 1. The lowest BCUT2D eigenvalue weighted by Gasteiger charge is -2.27. The van der Waals surface area contributed by atoms with Gasteiger partial charge in [-0.2, -0.15) is 0 Å². The van der Waals surface area contributed by atoms with Gasteiger partial charge in [0.2, 0.25) is 0 Å². The fourth-order valence-electron chi connectivity index (χ4n) is 0.507. The van der Waals surface area contributed by atoms with Crippen LogP contribution in [0.15, 0.2) is 0 Å². The molecular weight excluding hydrogens is 154 g/mol. The average Bonchev–Trinajstić information content (AvgIpc) is 1.84. The molecule has 0 unspecified atom stereocenters. The topological polar surface area (TPSA) is 52.6 Å². The van der Waals surface area contributed by atoms with Crippen molar-refractivity contribution in [3.8, 4) is 0 Å². The van der Waals surface area contributed by atoms with E-state index < -0.39 is 0 Å². The van der Waals surface area contributed by atoms with Gasteiger partial charge in [-0.25, -0.2) is 9.59 Å². The maximum absolute atomic E-state index is 10.7. The van der Waals surface area contributed by atoms with E-state index in [1.807, 2.05) is 0 Å². The van der Waals surface area contributed by atoms with Crippen molar-refractivity contribution in [3.63, 3.8) is 0 Å². The highest BCUT2D eigenvalue weighted by atomic mass is 32.2. The number of nitrogens with zero attached hydrogens (tertiary/aromatic N) is 2. The lowest BCUT2D eigenvalue weighted by atomic mass is 10.8. The van der Waals surface area contributed by atoms with Crippen LogP contribution in [0, 0.1) is 0 Å². The number of carbonyl (C=O) groups is 2. The fraction of sp³-hybridized carbons (Fsp3) is 0.500. The molecule has 1 rings (SSSR count). The number of carbonyl (C=O) groups excluding carboxylic acids is 2. The molecule has 1 saturated heterocycles. The molecule has 0 saturated carbocycles. The molecule has 1 fully saturated rings. The third kappa shape index (κ3) is 1.15. The summed E-state index contributed by atoms with van der Waals surface area (Å²) < 4.78 is 2.67. The molecule has 1 aliphatic rings. The van der Waals surface area contributed by atoms with Gasteiger partial charge >= 0.3 is 12.1 Å². The van der Waals surface area contributed by atoms with E-state index in [4.69, 9.17) is 0 Å². The number of rotatable bonds is 0. The number of urea groups is 2. The van der Waals surface area contributed by atoms with Gasteiger partial charge in [0, 0.05) is 14.1 Å². The number of imide groups is 1. The van der Waals surface area contributed by atoms with Crippen LogP contribution in [-0.4, -0.2) is 34.8 Å². The van der Waals surface area contributed by atoms with Crippen molar-refractivity contribution >= 4 is 24.2 Å². The second kappa shape index (κ2) is 2.37. The first kappa shape index (κ1) is 7.20. The van der Waals surface area contributed by atoms with E-state index in [0.29, 0.717) is 0 Å². The van der Waals surface area contributed by atoms with Crippen LogP contribution in [0.3, 0.4) is 0 Å². The molecule has 1 heterocycles. The van der Waals surface area contributed by atoms with E-state index in [0.717, 1.165) is 12.1 Å². The maximum Gasteiger partial charge on any atom is 0.336 e. The second-order valence-electron chi connectivity index (χ2n) is 1.81. The number of amides is 4. The van der Waals surface area contributed by atoms with Crippen molar-refractivity contribution in [2.75, 3.05) is 14.1 Å². The van der Waals surface area contributed by atoms with Crippen LogP contribution < -0.4 is 5.32 Å². The Kier molecular flexibility index (Phi) is 1.71. The van der Waals surface area contributed by atoms with E-state index in [9.17, 15) is 9.59 Å². The fourth-order valence-corrected chi connectivity index (χ4v) is 1.11. The van der Waals surface area contributed by atoms with Crippen LogP contribution >= 0.6 is 12.1 Å². The summed E-state index contributed by atoms with van der Waals surface area (Å²) in [6.45, 7) is 0. The monoisotopic (exact) mass is 161 g/mol. The summed E-state index contributed by atoms with van der Waals surface area (Å²) in [6.07, 6.45) is 0. The van der Waals surface area contributed by atoms with Crippen LogP contribution in [0.2, 0.25) is 0 Å². The predicted octanol–water partition coefficient (Wildman–Crippen LogP) is 0.256. The average molecular weight is 161 g/mol. The van der Waals surface area contributed by atoms with E-state index in [1.54, 1.807) is 14.1 Å². The van der Waals surface area contributed by atoms with Gasteiger partial charge in [-0.05, 0) is 0 Å². The predicted molar refractivity (Wildman–Crippen MR) is 37.0 cm³/mol. The molecule has 56 valence electrons. The summed E-state index contributed by atoms with van der Waals surface area (Å²) in [6, 6.07) is -0.763. The van der Waals surface area contributed by atoms with Gasteiger partial charge in [0.1, 0.15) is 0 Å². The van der Waals surface area contributed by atoms with Crippen molar-refractivity contribution in [2.24, 2.45) is 0 Å². The van der Waals surface area contributed by atoms with Gasteiger partial charge in [-0.15, -0.1) is 0 Å². The van der Waals surface area contributed by atoms with Crippen molar-refractivity contribution in [1.82, 2.24) is 13.9 Å². The Morgan fingerprint density at radius 2 is 1.60 bits per heavy atom. The highest BCUT2D eigenvalue weighted by Crippen LogP contribution is 2.15. The zero-order valence-electron chi connectivity index (χ0n) is 5.62. The largest absolute Gasteiger partial charge is 0.336 e. The zero-order valence-corrected chi connectivity index (χ0v) is 6.44. The van der Waals surface area contributed by atoms with Gasteiger partial charge < -0.3 is 0 Å². The lowest BCUT2D eigenvalue weighted by Crippen LogP contribution is -2.49. The Bertz CT molecular complexity index is 165. The van der Waals surface area contributed by atoms with Crippen molar-refractivity contribution < 1.29 is 9.59 Å². The van der Waals surface area contributed by atoms with E-state index in [-0.39, 0.29) is 12.1 Å². The van der Waals surface area contributed by atoms with Crippen LogP contribution in [0.4, 0.5) is 9.59 Å². The van der Waals surface area contributed by atoms with Gasteiger partial charge in [-0.3, -0.25) is 13.9 Å². The third-order valence-corrected chi connectivity index (χ3v) is 1.85. The minimum Gasteiger partial charge on any atom is -0.258 e. The number of nitrogens with one attached hydrogen (secondary N) is 1. The Hall–Kier alpha value is -0.910. The van der Waals surface area contributed by atoms with Crippen molar-refractivity contribution in [2.45, 2.75) is 0 Å². The molecule has 4 amide bonds. The van der Waals surface area contributed by atoms with E-state index in [2.05, 4.69) is 5.32 Å². The summed E-state index contributed by atoms with van der Waals surface area (Å²) in [5, 5.41) is 2.13.